The Balaban J connectivity index is 1.34. The predicted octanol–water partition coefficient (Wildman–Crippen LogP) is 4.99. The van der Waals surface area contributed by atoms with Gasteiger partial charge in [0.15, 0.2) is 11.5 Å². The molecular formula is C27H30N2O4S. The van der Waals surface area contributed by atoms with Crippen molar-refractivity contribution in [3.8, 4) is 17.2 Å². The largest absolute Gasteiger partial charge is 0.497 e. The number of benzene rings is 3. The highest BCUT2D eigenvalue weighted by Gasteiger charge is 2.22. The lowest BCUT2D eigenvalue weighted by Crippen LogP contribution is -2.49. The predicted molar refractivity (Wildman–Crippen MR) is 136 cm³/mol. The summed E-state index contributed by atoms with van der Waals surface area (Å²) in [5, 5.41) is 0. The van der Waals surface area contributed by atoms with Crippen LogP contribution in [0.25, 0.3) is 0 Å². The Hall–Kier alpha value is -3.32. The van der Waals surface area contributed by atoms with E-state index in [4.69, 9.17) is 13.7 Å². The van der Waals surface area contributed by atoms with E-state index in [0.29, 0.717) is 31.0 Å². The number of carbonyl (C=O) groups excluding carboxylic acids is 1. The van der Waals surface area contributed by atoms with Gasteiger partial charge in [0.1, 0.15) is 5.75 Å². The average molecular weight is 479 g/mol. The fraction of sp³-hybridized carbons (Fsp3) is 0.296. The highest BCUT2D eigenvalue weighted by Crippen LogP contribution is 2.33. The van der Waals surface area contributed by atoms with Gasteiger partial charge in [0.05, 0.1) is 32.7 Å². The monoisotopic (exact) mass is 478 g/mol. The summed E-state index contributed by atoms with van der Waals surface area (Å²) in [6.07, 6.45) is 0.331. The molecule has 0 N–H and O–H groups in total. The zero-order valence-electron chi connectivity index (χ0n) is 19.8. The maximum absolute atomic E-state index is 13.0. The SMILES string of the molecule is COc1ccc(N2CCN(C(=O)Cc3ccc(OC)c(OSc4ccc(C)cc4)c3)CC2)cc1. The number of aryl methyl sites for hydroxylation is 1. The number of anilines is 1. The van der Waals surface area contributed by atoms with Gasteiger partial charge in [-0.15, -0.1) is 0 Å². The first-order valence-electron chi connectivity index (χ1n) is 11.3. The normalized spacial score (nSPS) is 13.5. The summed E-state index contributed by atoms with van der Waals surface area (Å²) in [5.74, 6) is 2.22. The van der Waals surface area contributed by atoms with Crippen molar-refractivity contribution in [3.63, 3.8) is 0 Å². The molecule has 1 fully saturated rings. The number of rotatable bonds is 8. The van der Waals surface area contributed by atoms with E-state index in [1.165, 1.54) is 17.6 Å². The van der Waals surface area contributed by atoms with Gasteiger partial charge in [-0.3, -0.25) is 4.79 Å². The minimum atomic E-state index is 0.122. The molecule has 1 heterocycles. The number of methoxy groups -OCH3 is 2. The molecule has 3 aromatic rings. The number of amides is 1. The first-order chi connectivity index (χ1) is 16.6. The van der Waals surface area contributed by atoms with Gasteiger partial charge in [0, 0.05) is 36.8 Å². The lowest BCUT2D eigenvalue weighted by Gasteiger charge is -2.36. The van der Waals surface area contributed by atoms with Gasteiger partial charge in [-0.1, -0.05) is 23.8 Å². The van der Waals surface area contributed by atoms with Crippen molar-refractivity contribution in [3.05, 3.63) is 77.9 Å². The first-order valence-corrected chi connectivity index (χ1v) is 12.0. The first kappa shape index (κ1) is 23.8. The smallest absolute Gasteiger partial charge is 0.227 e. The van der Waals surface area contributed by atoms with Crippen molar-refractivity contribution in [2.45, 2.75) is 18.2 Å². The van der Waals surface area contributed by atoms with E-state index in [1.54, 1.807) is 14.2 Å². The Bertz CT molecular complexity index is 1090. The van der Waals surface area contributed by atoms with Crippen LogP contribution >= 0.6 is 12.0 Å². The molecule has 3 aromatic carbocycles. The molecule has 1 aliphatic rings. The Morgan fingerprint density at radius 1 is 0.853 bits per heavy atom. The summed E-state index contributed by atoms with van der Waals surface area (Å²) in [6.45, 7) is 5.07. The quantitative estimate of drug-likeness (QED) is 0.425. The molecule has 1 saturated heterocycles. The fourth-order valence-corrected chi connectivity index (χ4v) is 4.44. The van der Waals surface area contributed by atoms with E-state index in [-0.39, 0.29) is 5.91 Å². The second-order valence-corrected chi connectivity index (χ2v) is 9.01. The van der Waals surface area contributed by atoms with Crippen LogP contribution < -0.4 is 18.6 Å². The molecule has 0 aliphatic carbocycles. The molecule has 34 heavy (non-hydrogen) atoms. The van der Waals surface area contributed by atoms with Gasteiger partial charge in [0.25, 0.3) is 0 Å². The van der Waals surface area contributed by atoms with Crippen LogP contribution in [-0.2, 0) is 11.2 Å². The van der Waals surface area contributed by atoms with Crippen molar-refractivity contribution in [1.29, 1.82) is 0 Å². The van der Waals surface area contributed by atoms with Crippen molar-refractivity contribution in [2.75, 3.05) is 45.3 Å². The molecule has 1 amide bonds. The Kier molecular flexibility index (Phi) is 7.85. The third kappa shape index (κ3) is 5.97. The molecule has 0 spiro atoms. The van der Waals surface area contributed by atoms with Gasteiger partial charge >= 0.3 is 0 Å². The maximum atomic E-state index is 13.0. The molecule has 0 aromatic heterocycles. The summed E-state index contributed by atoms with van der Waals surface area (Å²) in [6, 6.07) is 21.9. The molecular weight excluding hydrogens is 448 g/mol. The standard InChI is InChI=1S/C27H30N2O4S/c1-20-4-11-24(12-5-20)34-33-26-18-21(6-13-25(26)32-3)19-27(30)29-16-14-28(15-17-29)22-7-9-23(31-2)10-8-22/h4-13,18H,14-17,19H2,1-3H3. The third-order valence-corrected chi connectivity index (χ3v) is 6.63. The summed E-state index contributed by atoms with van der Waals surface area (Å²) in [5.41, 5.74) is 3.26. The van der Waals surface area contributed by atoms with E-state index in [1.807, 2.05) is 59.5 Å². The average Bonchev–Trinajstić information content (AvgIpc) is 2.88. The zero-order chi connectivity index (χ0) is 23.9. The van der Waals surface area contributed by atoms with Gasteiger partial charge in [0.2, 0.25) is 5.91 Å². The maximum Gasteiger partial charge on any atom is 0.227 e. The Labute approximate surface area is 205 Å². The second kappa shape index (κ2) is 11.2. The van der Waals surface area contributed by atoms with E-state index >= 15 is 0 Å². The number of carbonyl (C=O) groups is 1. The summed E-state index contributed by atoms with van der Waals surface area (Å²) in [4.78, 5) is 18.2. The molecule has 0 radical (unpaired) electrons. The second-order valence-electron chi connectivity index (χ2n) is 8.21. The van der Waals surface area contributed by atoms with Gasteiger partial charge in [-0.2, -0.15) is 0 Å². The van der Waals surface area contributed by atoms with Crippen LogP contribution in [0.1, 0.15) is 11.1 Å². The van der Waals surface area contributed by atoms with Crippen molar-refractivity contribution in [2.24, 2.45) is 0 Å². The number of ether oxygens (including phenoxy) is 2. The van der Waals surface area contributed by atoms with Crippen molar-refractivity contribution >= 4 is 23.6 Å². The number of hydrogen-bond acceptors (Lipinski definition) is 6. The van der Waals surface area contributed by atoms with E-state index < -0.39 is 0 Å². The number of piperazine rings is 1. The van der Waals surface area contributed by atoms with Crippen LogP contribution in [0, 0.1) is 6.92 Å². The van der Waals surface area contributed by atoms with E-state index in [0.717, 1.165) is 35.0 Å². The van der Waals surface area contributed by atoms with Crippen molar-refractivity contribution in [1.82, 2.24) is 4.90 Å². The molecule has 6 nitrogen and oxygen atoms in total. The van der Waals surface area contributed by atoms with Crippen LogP contribution in [-0.4, -0.2) is 51.2 Å². The summed E-state index contributed by atoms with van der Waals surface area (Å²) in [7, 11) is 3.28. The third-order valence-electron chi connectivity index (χ3n) is 5.90. The van der Waals surface area contributed by atoms with E-state index in [2.05, 4.69) is 24.0 Å². The molecule has 4 rings (SSSR count). The molecule has 0 atom stereocenters. The van der Waals surface area contributed by atoms with Gasteiger partial charge < -0.3 is 23.5 Å². The number of hydrogen-bond donors (Lipinski definition) is 0. The molecule has 178 valence electrons. The number of nitrogens with zero attached hydrogens (tertiary/aromatic N) is 2. The van der Waals surface area contributed by atoms with Gasteiger partial charge in [-0.05, 0) is 61.0 Å². The van der Waals surface area contributed by atoms with Crippen LogP contribution in [0.15, 0.2) is 71.6 Å². The van der Waals surface area contributed by atoms with Gasteiger partial charge in [-0.25, -0.2) is 0 Å². The van der Waals surface area contributed by atoms with Crippen molar-refractivity contribution < 1.29 is 18.5 Å². The molecule has 0 unspecified atom stereocenters. The highest BCUT2D eigenvalue weighted by atomic mass is 32.2. The topological polar surface area (TPSA) is 51.2 Å². The molecule has 0 saturated carbocycles. The molecule has 0 bridgehead atoms. The summed E-state index contributed by atoms with van der Waals surface area (Å²) < 4.78 is 16.6. The van der Waals surface area contributed by atoms with Crippen LogP contribution in [0.4, 0.5) is 5.69 Å². The van der Waals surface area contributed by atoms with E-state index in [9.17, 15) is 4.79 Å². The minimum Gasteiger partial charge on any atom is -0.497 e. The summed E-state index contributed by atoms with van der Waals surface area (Å²) >= 11 is 1.28. The van der Waals surface area contributed by atoms with Crippen LogP contribution in [0.2, 0.25) is 0 Å². The highest BCUT2D eigenvalue weighted by molar-refractivity contribution is 7.95. The van der Waals surface area contributed by atoms with Crippen LogP contribution in [0.5, 0.6) is 17.2 Å². The lowest BCUT2D eigenvalue weighted by molar-refractivity contribution is -0.130. The fourth-order valence-electron chi connectivity index (χ4n) is 3.88. The lowest BCUT2D eigenvalue weighted by atomic mass is 10.1. The molecule has 7 heteroatoms. The Morgan fingerprint density at radius 2 is 1.56 bits per heavy atom. The zero-order valence-corrected chi connectivity index (χ0v) is 20.6. The minimum absolute atomic E-state index is 0.122. The van der Waals surface area contributed by atoms with Crippen LogP contribution in [0.3, 0.4) is 0 Å². The molecule has 1 aliphatic heterocycles. The Morgan fingerprint density at radius 3 is 2.21 bits per heavy atom.